The highest BCUT2D eigenvalue weighted by molar-refractivity contribution is 6.04. The zero-order chi connectivity index (χ0) is 13.3. The van der Waals surface area contributed by atoms with Crippen molar-refractivity contribution in [1.82, 2.24) is 0 Å². The normalized spacial score (nSPS) is 18.6. The lowest BCUT2D eigenvalue weighted by molar-refractivity contribution is -0.119. The lowest BCUT2D eigenvalue weighted by atomic mass is 10.1. The summed E-state index contributed by atoms with van der Waals surface area (Å²) < 4.78 is 5.49. The molecular formula is C14H20N2O2. The van der Waals surface area contributed by atoms with Gasteiger partial charge in [0, 0.05) is 17.8 Å². The smallest absolute Gasteiger partial charge is 0.248 e. The van der Waals surface area contributed by atoms with Crippen molar-refractivity contribution in [2.24, 2.45) is 5.73 Å². The highest BCUT2D eigenvalue weighted by Crippen LogP contribution is 2.34. The van der Waals surface area contributed by atoms with Crippen molar-refractivity contribution in [2.75, 3.05) is 18.1 Å². The first kappa shape index (κ1) is 13.1. The van der Waals surface area contributed by atoms with Crippen molar-refractivity contribution in [3.8, 4) is 0 Å². The molecule has 1 unspecified atom stereocenters. The first-order valence-electron chi connectivity index (χ1n) is 6.30. The molecule has 4 nitrogen and oxygen atoms in total. The number of carbonyl (C=O) groups excluding carboxylic acids is 1. The number of rotatable bonds is 4. The number of anilines is 1. The van der Waals surface area contributed by atoms with Crippen LogP contribution in [0, 0.1) is 6.92 Å². The van der Waals surface area contributed by atoms with E-state index in [1.165, 1.54) is 0 Å². The van der Waals surface area contributed by atoms with Gasteiger partial charge in [-0.25, -0.2) is 0 Å². The van der Waals surface area contributed by atoms with E-state index in [9.17, 15) is 4.79 Å². The molecule has 1 heterocycles. The third-order valence-corrected chi connectivity index (χ3v) is 3.11. The number of ether oxygens (including phenoxy) is 1. The van der Waals surface area contributed by atoms with Crippen LogP contribution in [0.15, 0.2) is 18.2 Å². The van der Waals surface area contributed by atoms with Crippen molar-refractivity contribution < 1.29 is 9.53 Å². The van der Waals surface area contributed by atoms with Crippen molar-refractivity contribution in [2.45, 2.75) is 32.9 Å². The standard InChI is InChI=1S/C14H20N2O2/c1-9(2)18-7-6-16-12-5-4-10(3)8-11(12)13(15)14(16)17/h4-5,8-9,13H,6-7,15H2,1-3H3. The van der Waals surface area contributed by atoms with Gasteiger partial charge in [0.1, 0.15) is 6.04 Å². The van der Waals surface area contributed by atoms with Gasteiger partial charge < -0.3 is 15.4 Å². The van der Waals surface area contributed by atoms with Gasteiger partial charge in [0.15, 0.2) is 0 Å². The Hall–Kier alpha value is -1.39. The van der Waals surface area contributed by atoms with Gasteiger partial charge in [0.05, 0.1) is 12.7 Å². The summed E-state index contributed by atoms with van der Waals surface area (Å²) in [6.07, 6.45) is 0.175. The Labute approximate surface area is 108 Å². The van der Waals surface area contributed by atoms with Gasteiger partial charge in [-0.2, -0.15) is 0 Å². The number of hydrogen-bond acceptors (Lipinski definition) is 3. The number of fused-ring (bicyclic) bond motifs is 1. The number of nitrogens with zero attached hydrogens (tertiary/aromatic N) is 1. The monoisotopic (exact) mass is 248 g/mol. The van der Waals surface area contributed by atoms with E-state index in [1.807, 2.05) is 39.0 Å². The molecule has 0 aromatic heterocycles. The lowest BCUT2D eigenvalue weighted by Gasteiger charge is -2.18. The molecule has 1 atom stereocenters. The van der Waals surface area contributed by atoms with E-state index in [2.05, 4.69) is 0 Å². The fourth-order valence-corrected chi connectivity index (χ4v) is 2.20. The van der Waals surface area contributed by atoms with Gasteiger partial charge in [0.2, 0.25) is 5.91 Å². The number of benzene rings is 1. The molecule has 0 saturated heterocycles. The maximum Gasteiger partial charge on any atom is 0.248 e. The molecule has 0 saturated carbocycles. The van der Waals surface area contributed by atoms with E-state index in [0.717, 1.165) is 16.8 Å². The molecular weight excluding hydrogens is 228 g/mol. The maximum atomic E-state index is 12.1. The third-order valence-electron chi connectivity index (χ3n) is 3.11. The second-order valence-corrected chi connectivity index (χ2v) is 4.95. The Morgan fingerprint density at radius 2 is 2.17 bits per heavy atom. The molecule has 0 bridgehead atoms. The van der Waals surface area contributed by atoms with E-state index < -0.39 is 6.04 Å². The summed E-state index contributed by atoms with van der Waals surface area (Å²) in [6.45, 7) is 7.05. The highest BCUT2D eigenvalue weighted by Gasteiger charge is 2.34. The van der Waals surface area contributed by atoms with E-state index in [4.69, 9.17) is 10.5 Å². The van der Waals surface area contributed by atoms with Crippen LogP contribution in [0.5, 0.6) is 0 Å². The van der Waals surface area contributed by atoms with E-state index >= 15 is 0 Å². The largest absolute Gasteiger partial charge is 0.377 e. The maximum absolute atomic E-state index is 12.1. The minimum Gasteiger partial charge on any atom is -0.377 e. The van der Waals surface area contributed by atoms with Crippen LogP contribution < -0.4 is 10.6 Å². The first-order valence-corrected chi connectivity index (χ1v) is 6.30. The predicted molar refractivity (Wildman–Crippen MR) is 71.5 cm³/mol. The minimum atomic E-state index is -0.529. The Kier molecular flexibility index (Phi) is 3.68. The molecule has 1 aromatic rings. The Morgan fingerprint density at radius 1 is 1.44 bits per heavy atom. The molecule has 1 aliphatic heterocycles. The van der Waals surface area contributed by atoms with Gasteiger partial charge in [-0.3, -0.25) is 4.79 Å². The van der Waals surface area contributed by atoms with E-state index in [-0.39, 0.29) is 12.0 Å². The van der Waals surface area contributed by atoms with Crippen LogP contribution in [0.25, 0.3) is 0 Å². The van der Waals surface area contributed by atoms with Crippen molar-refractivity contribution in [3.63, 3.8) is 0 Å². The molecule has 0 spiro atoms. The summed E-state index contributed by atoms with van der Waals surface area (Å²) in [5, 5.41) is 0. The summed E-state index contributed by atoms with van der Waals surface area (Å²) in [7, 11) is 0. The second-order valence-electron chi connectivity index (χ2n) is 4.95. The highest BCUT2D eigenvalue weighted by atomic mass is 16.5. The molecule has 2 rings (SSSR count). The van der Waals surface area contributed by atoms with Gasteiger partial charge >= 0.3 is 0 Å². The molecule has 4 heteroatoms. The predicted octanol–water partition coefficient (Wildman–Crippen LogP) is 1.77. The zero-order valence-electron chi connectivity index (χ0n) is 11.1. The Bertz CT molecular complexity index is 457. The number of hydrogen-bond donors (Lipinski definition) is 1. The molecule has 0 aliphatic carbocycles. The molecule has 1 amide bonds. The minimum absolute atomic E-state index is 0.0389. The number of aryl methyl sites for hydroxylation is 1. The molecule has 0 fully saturated rings. The van der Waals surface area contributed by atoms with Crippen molar-refractivity contribution in [3.05, 3.63) is 29.3 Å². The Balaban J connectivity index is 2.16. The van der Waals surface area contributed by atoms with Gasteiger partial charge in [-0.05, 0) is 26.8 Å². The molecule has 98 valence electrons. The quantitative estimate of drug-likeness (QED) is 0.883. The van der Waals surface area contributed by atoms with Crippen molar-refractivity contribution in [1.29, 1.82) is 0 Å². The fourth-order valence-electron chi connectivity index (χ4n) is 2.20. The average molecular weight is 248 g/mol. The number of carbonyl (C=O) groups is 1. The van der Waals surface area contributed by atoms with Gasteiger partial charge in [-0.15, -0.1) is 0 Å². The van der Waals surface area contributed by atoms with Crippen LogP contribution in [0.3, 0.4) is 0 Å². The number of amides is 1. The SMILES string of the molecule is Cc1ccc2c(c1)C(N)C(=O)N2CCOC(C)C. The third kappa shape index (κ3) is 2.40. The molecule has 0 radical (unpaired) electrons. The van der Waals surface area contributed by atoms with Crippen molar-refractivity contribution >= 4 is 11.6 Å². The van der Waals surface area contributed by atoms with Crippen LogP contribution in [0.2, 0.25) is 0 Å². The van der Waals surface area contributed by atoms with Crippen LogP contribution in [-0.2, 0) is 9.53 Å². The van der Waals surface area contributed by atoms with Crippen LogP contribution >= 0.6 is 0 Å². The summed E-state index contributed by atoms with van der Waals surface area (Å²) in [5.74, 6) is -0.0389. The second kappa shape index (κ2) is 5.08. The molecule has 18 heavy (non-hydrogen) atoms. The zero-order valence-corrected chi connectivity index (χ0v) is 11.1. The Morgan fingerprint density at radius 3 is 2.83 bits per heavy atom. The lowest BCUT2D eigenvalue weighted by Crippen LogP contribution is -2.34. The van der Waals surface area contributed by atoms with Crippen LogP contribution in [-0.4, -0.2) is 25.2 Å². The molecule has 1 aromatic carbocycles. The molecule has 2 N–H and O–H groups in total. The fraction of sp³-hybridized carbons (Fsp3) is 0.500. The average Bonchev–Trinajstić information content (AvgIpc) is 2.54. The summed E-state index contributed by atoms with van der Waals surface area (Å²) in [4.78, 5) is 13.8. The number of nitrogens with two attached hydrogens (primary N) is 1. The van der Waals surface area contributed by atoms with Gasteiger partial charge in [-0.1, -0.05) is 17.7 Å². The summed E-state index contributed by atoms with van der Waals surface area (Å²) >= 11 is 0. The topological polar surface area (TPSA) is 55.6 Å². The summed E-state index contributed by atoms with van der Waals surface area (Å²) in [6, 6.07) is 5.42. The van der Waals surface area contributed by atoms with Gasteiger partial charge in [0.25, 0.3) is 0 Å². The van der Waals surface area contributed by atoms with E-state index in [1.54, 1.807) is 4.90 Å². The van der Waals surface area contributed by atoms with Crippen LogP contribution in [0.4, 0.5) is 5.69 Å². The molecule has 1 aliphatic rings. The van der Waals surface area contributed by atoms with Crippen LogP contribution in [0.1, 0.15) is 31.0 Å². The van der Waals surface area contributed by atoms with E-state index in [0.29, 0.717) is 13.2 Å². The summed E-state index contributed by atoms with van der Waals surface area (Å²) in [5.41, 5.74) is 8.91. The first-order chi connectivity index (χ1) is 8.50.